The van der Waals surface area contributed by atoms with Crippen LogP contribution in [0, 0.1) is 5.82 Å². The van der Waals surface area contributed by atoms with Crippen molar-refractivity contribution in [3.8, 4) is 0 Å². The van der Waals surface area contributed by atoms with E-state index < -0.39 is 0 Å². The van der Waals surface area contributed by atoms with Gasteiger partial charge in [-0.2, -0.15) is 5.10 Å². The van der Waals surface area contributed by atoms with Crippen LogP contribution < -0.4 is 11.3 Å². The van der Waals surface area contributed by atoms with E-state index in [2.05, 4.69) is 10.5 Å². The smallest absolute Gasteiger partial charge is 0.127 e. The van der Waals surface area contributed by atoms with Gasteiger partial charge in [0, 0.05) is 17.6 Å². The van der Waals surface area contributed by atoms with E-state index in [4.69, 9.17) is 29.0 Å². The first-order valence-electron chi connectivity index (χ1n) is 5.61. The van der Waals surface area contributed by atoms with E-state index >= 15 is 0 Å². The predicted octanol–water partition coefficient (Wildman–Crippen LogP) is 2.61. The number of aromatic nitrogens is 2. The topological polar surface area (TPSA) is 55.9 Å². The molecule has 0 aliphatic rings. The Hall–Kier alpha value is -1.14. The highest BCUT2D eigenvalue weighted by Crippen LogP contribution is 2.28. The van der Waals surface area contributed by atoms with E-state index in [-0.39, 0.29) is 18.3 Å². The van der Waals surface area contributed by atoms with Gasteiger partial charge >= 0.3 is 0 Å². The van der Waals surface area contributed by atoms with E-state index in [1.54, 1.807) is 23.9 Å². The zero-order chi connectivity index (χ0) is 14.0. The SMILES string of the molecule is Cn1ncc(Cl)c1C(Cc1c(F)cccc1Cl)NN. The lowest BCUT2D eigenvalue weighted by atomic mass is 10.0. The summed E-state index contributed by atoms with van der Waals surface area (Å²) in [7, 11) is 1.74. The zero-order valence-electron chi connectivity index (χ0n) is 10.2. The third-order valence-corrected chi connectivity index (χ3v) is 3.58. The average molecular weight is 303 g/mol. The highest BCUT2D eigenvalue weighted by Gasteiger charge is 2.21. The van der Waals surface area contributed by atoms with Crippen LogP contribution in [0.3, 0.4) is 0 Å². The Morgan fingerprint density at radius 2 is 2.16 bits per heavy atom. The molecule has 0 saturated carbocycles. The molecule has 7 heteroatoms. The summed E-state index contributed by atoms with van der Waals surface area (Å²) >= 11 is 12.1. The normalized spacial score (nSPS) is 12.7. The van der Waals surface area contributed by atoms with Gasteiger partial charge in [0.25, 0.3) is 0 Å². The summed E-state index contributed by atoms with van der Waals surface area (Å²) < 4.78 is 15.4. The van der Waals surface area contributed by atoms with E-state index in [0.29, 0.717) is 21.3 Å². The van der Waals surface area contributed by atoms with E-state index in [1.807, 2.05) is 0 Å². The number of nitrogens with two attached hydrogens (primary N) is 1. The second-order valence-electron chi connectivity index (χ2n) is 4.12. The van der Waals surface area contributed by atoms with Gasteiger partial charge in [-0.25, -0.2) is 4.39 Å². The fraction of sp³-hybridized carbons (Fsp3) is 0.250. The average Bonchev–Trinajstić information content (AvgIpc) is 2.70. The van der Waals surface area contributed by atoms with Gasteiger partial charge in [-0.15, -0.1) is 0 Å². The van der Waals surface area contributed by atoms with Crippen molar-refractivity contribution in [3.05, 3.63) is 51.5 Å². The van der Waals surface area contributed by atoms with Gasteiger partial charge in [0.15, 0.2) is 0 Å². The van der Waals surface area contributed by atoms with Gasteiger partial charge in [0.2, 0.25) is 0 Å². The molecule has 4 nitrogen and oxygen atoms in total. The maximum absolute atomic E-state index is 13.8. The molecule has 2 aromatic rings. The van der Waals surface area contributed by atoms with E-state index in [9.17, 15) is 4.39 Å². The Morgan fingerprint density at radius 3 is 2.68 bits per heavy atom. The molecular weight excluding hydrogens is 290 g/mol. The largest absolute Gasteiger partial charge is 0.271 e. The fourth-order valence-corrected chi connectivity index (χ4v) is 2.52. The van der Waals surface area contributed by atoms with Crippen molar-refractivity contribution in [2.75, 3.05) is 0 Å². The minimum atomic E-state index is -0.380. The van der Waals surface area contributed by atoms with E-state index in [1.165, 1.54) is 12.3 Å². The Labute approximate surface area is 120 Å². The highest BCUT2D eigenvalue weighted by atomic mass is 35.5. The lowest BCUT2D eigenvalue weighted by Gasteiger charge is -2.18. The molecule has 1 aromatic carbocycles. The number of hydrogen-bond acceptors (Lipinski definition) is 3. The van der Waals surface area contributed by atoms with Crippen molar-refractivity contribution in [2.45, 2.75) is 12.5 Å². The first kappa shape index (κ1) is 14.3. The molecule has 102 valence electrons. The maximum atomic E-state index is 13.8. The molecular formula is C12H13Cl2FN4. The standard InChI is InChI=1S/C12H13Cl2FN4/c1-19-12(9(14)6-17-19)11(18-16)5-7-8(13)3-2-4-10(7)15/h2-4,6,11,18H,5,16H2,1H3. The molecule has 2 rings (SSSR count). The molecule has 1 heterocycles. The fourth-order valence-electron chi connectivity index (χ4n) is 1.98. The maximum Gasteiger partial charge on any atom is 0.127 e. The molecule has 0 bridgehead atoms. The van der Waals surface area contributed by atoms with Gasteiger partial charge < -0.3 is 0 Å². The predicted molar refractivity (Wildman–Crippen MR) is 73.4 cm³/mol. The van der Waals surface area contributed by atoms with Gasteiger partial charge in [-0.3, -0.25) is 16.0 Å². The van der Waals surface area contributed by atoms with Crippen LogP contribution in [-0.4, -0.2) is 9.78 Å². The van der Waals surface area contributed by atoms with Crippen LogP contribution in [0.25, 0.3) is 0 Å². The van der Waals surface area contributed by atoms with Crippen molar-refractivity contribution >= 4 is 23.2 Å². The summed E-state index contributed by atoms with van der Waals surface area (Å²) in [5.41, 5.74) is 3.70. The molecule has 0 saturated heterocycles. The summed E-state index contributed by atoms with van der Waals surface area (Å²) in [5, 5.41) is 4.86. The van der Waals surface area contributed by atoms with E-state index in [0.717, 1.165) is 0 Å². The molecule has 1 atom stereocenters. The summed E-state index contributed by atoms with van der Waals surface area (Å²) in [5.74, 6) is 5.17. The van der Waals surface area contributed by atoms with Crippen LogP contribution in [0.5, 0.6) is 0 Å². The Kier molecular flexibility index (Phi) is 4.42. The number of nitrogens with zero attached hydrogens (tertiary/aromatic N) is 2. The molecule has 0 aliphatic carbocycles. The number of benzene rings is 1. The lowest BCUT2D eigenvalue weighted by Crippen LogP contribution is -2.31. The first-order chi connectivity index (χ1) is 9.04. The molecule has 0 aliphatic heterocycles. The molecule has 0 amide bonds. The number of hydrogen-bond donors (Lipinski definition) is 2. The highest BCUT2D eigenvalue weighted by molar-refractivity contribution is 6.31. The Balaban J connectivity index is 2.35. The van der Waals surface area contributed by atoms with Crippen LogP contribution >= 0.6 is 23.2 Å². The van der Waals surface area contributed by atoms with Crippen molar-refractivity contribution in [1.82, 2.24) is 15.2 Å². The number of hydrazine groups is 1. The van der Waals surface area contributed by atoms with Crippen LogP contribution in [-0.2, 0) is 13.5 Å². The number of rotatable bonds is 4. The summed E-state index contributed by atoms with van der Waals surface area (Å²) in [4.78, 5) is 0. The van der Waals surface area contributed by atoms with Gasteiger partial charge in [0.05, 0.1) is 23.0 Å². The van der Waals surface area contributed by atoms with Crippen molar-refractivity contribution in [3.63, 3.8) is 0 Å². The molecule has 19 heavy (non-hydrogen) atoms. The number of halogens is 3. The lowest BCUT2D eigenvalue weighted by molar-refractivity contribution is 0.495. The molecule has 0 radical (unpaired) electrons. The summed E-state index contributed by atoms with van der Waals surface area (Å²) in [6.45, 7) is 0. The van der Waals surface area contributed by atoms with Crippen LogP contribution in [0.2, 0.25) is 10.0 Å². The minimum Gasteiger partial charge on any atom is -0.271 e. The Morgan fingerprint density at radius 1 is 1.42 bits per heavy atom. The molecule has 1 aromatic heterocycles. The third-order valence-electron chi connectivity index (χ3n) is 2.94. The zero-order valence-corrected chi connectivity index (χ0v) is 11.7. The Bertz CT molecular complexity index is 545. The van der Waals surface area contributed by atoms with Crippen LogP contribution in [0.1, 0.15) is 17.3 Å². The third kappa shape index (κ3) is 2.90. The quantitative estimate of drug-likeness (QED) is 0.674. The molecule has 0 spiro atoms. The number of nitrogens with one attached hydrogen (secondary N) is 1. The molecule has 1 unspecified atom stereocenters. The first-order valence-corrected chi connectivity index (χ1v) is 6.36. The van der Waals surface area contributed by atoms with Crippen molar-refractivity contribution in [2.24, 2.45) is 12.9 Å². The monoisotopic (exact) mass is 302 g/mol. The number of aryl methyl sites for hydroxylation is 1. The second-order valence-corrected chi connectivity index (χ2v) is 4.94. The van der Waals surface area contributed by atoms with Crippen molar-refractivity contribution in [1.29, 1.82) is 0 Å². The van der Waals surface area contributed by atoms with Crippen LogP contribution in [0.15, 0.2) is 24.4 Å². The van der Waals surface area contributed by atoms with Crippen molar-refractivity contribution < 1.29 is 4.39 Å². The van der Waals surface area contributed by atoms with Gasteiger partial charge in [0.1, 0.15) is 5.82 Å². The van der Waals surface area contributed by atoms with Crippen LogP contribution in [0.4, 0.5) is 4.39 Å². The summed E-state index contributed by atoms with van der Waals surface area (Å²) in [6, 6.07) is 4.18. The summed E-state index contributed by atoms with van der Waals surface area (Å²) in [6.07, 6.45) is 1.80. The molecule has 0 fully saturated rings. The minimum absolute atomic E-state index is 0.279. The van der Waals surface area contributed by atoms with Gasteiger partial charge in [-0.1, -0.05) is 29.3 Å². The van der Waals surface area contributed by atoms with Gasteiger partial charge in [-0.05, 0) is 18.6 Å². The molecule has 3 N–H and O–H groups in total. The second kappa shape index (κ2) is 5.88.